The zero-order chi connectivity index (χ0) is 12.2. The third kappa shape index (κ3) is 3.44. The molecule has 90 valence electrons. The van der Waals surface area contributed by atoms with Gasteiger partial charge in [0.05, 0.1) is 5.69 Å². The number of nitrogens with two attached hydrogens (primary N) is 2. The third-order valence-electron chi connectivity index (χ3n) is 1.97. The van der Waals surface area contributed by atoms with E-state index in [2.05, 4.69) is 0 Å². The predicted octanol–water partition coefficient (Wildman–Crippen LogP) is 0.184. The topological polar surface area (TPSA) is 89.4 Å². The van der Waals surface area contributed by atoms with Crippen LogP contribution in [0.25, 0.3) is 0 Å². The largest absolute Gasteiger partial charge is 0.330 e. The van der Waals surface area contributed by atoms with Gasteiger partial charge in [0, 0.05) is 6.54 Å². The number of benzene rings is 1. The summed E-state index contributed by atoms with van der Waals surface area (Å²) >= 11 is 0. The Hall–Kier alpha value is -1.18. The van der Waals surface area contributed by atoms with Gasteiger partial charge in [0.2, 0.25) is 0 Å². The Bertz CT molecular complexity index is 450. The van der Waals surface area contributed by atoms with E-state index in [0.29, 0.717) is 13.0 Å². The van der Waals surface area contributed by atoms with Crippen LogP contribution in [0, 0.1) is 5.82 Å². The predicted molar refractivity (Wildman–Crippen MR) is 60.5 cm³/mol. The summed E-state index contributed by atoms with van der Waals surface area (Å²) in [6.45, 7) is 0.472. The van der Waals surface area contributed by atoms with Crippen LogP contribution in [-0.2, 0) is 10.2 Å². The van der Waals surface area contributed by atoms with Crippen molar-refractivity contribution in [3.63, 3.8) is 0 Å². The van der Waals surface area contributed by atoms with Crippen molar-refractivity contribution >= 4 is 15.9 Å². The molecule has 1 aromatic rings. The molecule has 0 atom stereocenters. The summed E-state index contributed by atoms with van der Waals surface area (Å²) in [7, 11) is -3.90. The van der Waals surface area contributed by atoms with Crippen molar-refractivity contribution < 1.29 is 12.8 Å². The van der Waals surface area contributed by atoms with E-state index in [1.807, 2.05) is 0 Å². The second-order valence-corrected chi connectivity index (χ2v) is 4.71. The fourth-order valence-electron chi connectivity index (χ4n) is 1.27. The molecule has 0 saturated carbocycles. The highest BCUT2D eigenvalue weighted by molar-refractivity contribution is 7.90. The fraction of sp³-hybridized carbons (Fsp3) is 0.333. The van der Waals surface area contributed by atoms with Crippen LogP contribution in [0.5, 0.6) is 0 Å². The summed E-state index contributed by atoms with van der Waals surface area (Å²) in [6, 6.07) is 5.24. The minimum Gasteiger partial charge on any atom is -0.330 e. The van der Waals surface area contributed by atoms with E-state index in [1.165, 1.54) is 18.2 Å². The number of rotatable bonds is 5. The Balaban J connectivity index is 3.02. The van der Waals surface area contributed by atoms with Crippen LogP contribution >= 0.6 is 0 Å². The van der Waals surface area contributed by atoms with E-state index >= 15 is 0 Å². The normalized spacial score (nSPS) is 11.4. The monoisotopic (exact) mass is 247 g/mol. The van der Waals surface area contributed by atoms with Crippen LogP contribution in [0.3, 0.4) is 0 Å². The minimum absolute atomic E-state index is 0.138. The number of nitrogens with zero attached hydrogens (tertiary/aromatic N) is 1. The van der Waals surface area contributed by atoms with Gasteiger partial charge in [-0.2, -0.15) is 8.42 Å². The minimum atomic E-state index is -3.90. The SMILES string of the molecule is NCCCN(c1cccc(F)c1)S(N)(=O)=O. The van der Waals surface area contributed by atoms with E-state index in [4.69, 9.17) is 10.9 Å². The van der Waals surface area contributed by atoms with Crippen molar-refractivity contribution in [3.8, 4) is 0 Å². The van der Waals surface area contributed by atoms with Gasteiger partial charge in [0.15, 0.2) is 0 Å². The van der Waals surface area contributed by atoms with Crippen molar-refractivity contribution in [1.29, 1.82) is 0 Å². The van der Waals surface area contributed by atoms with Crippen LogP contribution in [-0.4, -0.2) is 21.5 Å². The average molecular weight is 247 g/mol. The number of hydrogen-bond acceptors (Lipinski definition) is 3. The second kappa shape index (κ2) is 5.24. The molecule has 7 heteroatoms. The number of halogens is 1. The van der Waals surface area contributed by atoms with Gasteiger partial charge in [-0.15, -0.1) is 0 Å². The van der Waals surface area contributed by atoms with E-state index in [9.17, 15) is 12.8 Å². The lowest BCUT2D eigenvalue weighted by molar-refractivity contribution is 0.590. The highest BCUT2D eigenvalue weighted by Gasteiger charge is 2.17. The molecule has 1 aromatic carbocycles. The van der Waals surface area contributed by atoms with Gasteiger partial charge in [-0.05, 0) is 31.2 Å². The van der Waals surface area contributed by atoms with Crippen LogP contribution in [0.2, 0.25) is 0 Å². The molecule has 0 aliphatic rings. The molecule has 0 spiro atoms. The quantitative estimate of drug-likeness (QED) is 0.778. The number of anilines is 1. The molecular weight excluding hydrogens is 233 g/mol. The summed E-state index contributed by atoms with van der Waals surface area (Å²) in [4.78, 5) is 0. The Morgan fingerprint density at radius 2 is 2.06 bits per heavy atom. The summed E-state index contributed by atoms with van der Waals surface area (Å²) in [5.41, 5.74) is 5.50. The van der Waals surface area contributed by atoms with Crippen molar-refractivity contribution in [2.75, 3.05) is 17.4 Å². The van der Waals surface area contributed by atoms with Crippen molar-refractivity contribution in [1.82, 2.24) is 0 Å². The first kappa shape index (κ1) is 12.9. The molecule has 0 heterocycles. The van der Waals surface area contributed by atoms with Gasteiger partial charge < -0.3 is 5.73 Å². The summed E-state index contributed by atoms with van der Waals surface area (Å²) in [6.07, 6.45) is 0.451. The molecule has 0 fully saturated rings. The first-order valence-electron chi connectivity index (χ1n) is 4.71. The molecular formula is C9H14FN3O2S. The van der Waals surface area contributed by atoms with Crippen LogP contribution < -0.4 is 15.2 Å². The average Bonchev–Trinajstić information content (AvgIpc) is 2.16. The summed E-state index contributed by atoms with van der Waals surface area (Å²) < 4.78 is 36.5. The Kier molecular flexibility index (Phi) is 4.22. The van der Waals surface area contributed by atoms with E-state index < -0.39 is 16.0 Å². The van der Waals surface area contributed by atoms with Gasteiger partial charge in [-0.3, -0.25) is 4.31 Å². The molecule has 5 nitrogen and oxygen atoms in total. The molecule has 0 saturated heterocycles. The molecule has 16 heavy (non-hydrogen) atoms. The van der Waals surface area contributed by atoms with E-state index in [-0.39, 0.29) is 12.2 Å². The Morgan fingerprint density at radius 3 is 2.56 bits per heavy atom. The lowest BCUT2D eigenvalue weighted by Crippen LogP contribution is -2.38. The standard InChI is InChI=1S/C9H14FN3O2S/c10-8-3-1-4-9(7-8)13(6-2-5-11)16(12,14)15/h1,3-4,7H,2,5-6,11H2,(H2,12,14,15). The highest BCUT2D eigenvalue weighted by atomic mass is 32.2. The molecule has 0 unspecified atom stereocenters. The van der Waals surface area contributed by atoms with E-state index in [1.54, 1.807) is 0 Å². The maximum absolute atomic E-state index is 13.0. The van der Waals surface area contributed by atoms with Crippen molar-refractivity contribution in [2.24, 2.45) is 10.9 Å². The highest BCUT2D eigenvalue weighted by Crippen LogP contribution is 2.17. The third-order valence-corrected chi connectivity index (χ3v) is 2.98. The molecule has 0 amide bonds. The molecule has 0 aliphatic heterocycles. The van der Waals surface area contributed by atoms with Crippen molar-refractivity contribution in [2.45, 2.75) is 6.42 Å². The first-order valence-corrected chi connectivity index (χ1v) is 6.21. The molecule has 0 aliphatic carbocycles. The van der Waals surface area contributed by atoms with E-state index in [0.717, 1.165) is 10.4 Å². The second-order valence-electron chi connectivity index (χ2n) is 3.24. The van der Waals surface area contributed by atoms with Gasteiger partial charge in [-0.25, -0.2) is 9.53 Å². The molecule has 0 aromatic heterocycles. The van der Waals surface area contributed by atoms with Crippen LogP contribution in [0.15, 0.2) is 24.3 Å². The number of hydrogen-bond donors (Lipinski definition) is 2. The maximum Gasteiger partial charge on any atom is 0.298 e. The van der Waals surface area contributed by atoms with Gasteiger partial charge in [0.1, 0.15) is 5.82 Å². The summed E-state index contributed by atoms with van der Waals surface area (Å²) in [5, 5.41) is 5.04. The molecule has 4 N–H and O–H groups in total. The smallest absolute Gasteiger partial charge is 0.298 e. The summed E-state index contributed by atoms with van der Waals surface area (Å²) in [5.74, 6) is -0.515. The lowest BCUT2D eigenvalue weighted by atomic mass is 10.3. The molecule has 1 rings (SSSR count). The Labute approximate surface area is 94.0 Å². The zero-order valence-corrected chi connectivity index (χ0v) is 9.45. The Morgan fingerprint density at radius 1 is 1.38 bits per heavy atom. The van der Waals surface area contributed by atoms with Gasteiger partial charge >= 0.3 is 0 Å². The zero-order valence-electron chi connectivity index (χ0n) is 8.64. The van der Waals surface area contributed by atoms with Crippen LogP contribution in [0.4, 0.5) is 10.1 Å². The van der Waals surface area contributed by atoms with Gasteiger partial charge in [0.25, 0.3) is 10.2 Å². The molecule has 0 radical (unpaired) electrons. The first-order chi connectivity index (χ1) is 7.45. The maximum atomic E-state index is 13.0. The fourth-order valence-corrected chi connectivity index (χ4v) is 2.06. The lowest BCUT2D eigenvalue weighted by Gasteiger charge is -2.21. The molecule has 0 bridgehead atoms. The van der Waals surface area contributed by atoms with Gasteiger partial charge in [-0.1, -0.05) is 6.07 Å². The van der Waals surface area contributed by atoms with Crippen molar-refractivity contribution in [3.05, 3.63) is 30.1 Å². The van der Waals surface area contributed by atoms with Crippen LogP contribution in [0.1, 0.15) is 6.42 Å².